The van der Waals surface area contributed by atoms with E-state index >= 15 is 0 Å². The summed E-state index contributed by atoms with van der Waals surface area (Å²) < 4.78 is 5.40. The van der Waals surface area contributed by atoms with E-state index in [4.69, 9.17) is 10.2 Å². The van der Waals surface area contributed by atoms with Gasteiger partial charge >= 0.3 is 0 Å². The first-order valence-electron chi connectivity index (χ1n) is 4.68. The summed E-state index contributed by atoms with van der Waals surface area (Å²) in [6, 6.07) is 1.69. The average molecular weight is 204 g/mol. The molecule has 2 N–H and O–H groups in total. The van der Waals surface area contributed by atoms with Crippen LogP contribution in [0.4, 0.5) is 0 Å². The highest BCUT2D eigenvalue weighted by Crippen LogP contribution is 2.19. The lowest BCUT2D eigenvalue weighted by atomic mass is 10.2. The monoisotopic (exact) mass is 204 g/mol. The van der Waals surface area contributed by atoms with Crippen LogP contribution in [0.15, 0.2) is 22.9 Å². The van der Waals surface area contributed by atoms with Gasteiger partial charge in [0.1, 0.15) is 0 Å². The largest absolute Gasteiger partial charge is 0.419 e. The summed E-state index contributed by atoms with van der Waals surface area (Å²) in [5.41, 5.74) is 7.49. The number of aromatic nitrogens is 3. The van der Waals surface area contributed by atoms with Crippen LogP contribution in [0.25, 0.3) is 11.5 Å². The molecule has 0 saturated carbocycles. The molecule has 0 spiro atoms. The highest BCUT2D eigenvalue weighted by atomic mass is 16.4. The third-order valence-electron chi connectivity index (χ3n) is 1.95. The van der Waals surface area contributed by atoms with Gasteiger partial charge in [-0.25, -0.2) is 0 Å². The maximum atomic E-state index is 5.62. The summed E-state index contributed by atoms with van der Waals surface area (Å²) in [7, 11) is 0. The number of aryl methyl sites for hydroxylation is 1. The van der Waals surface area contributed by atoms with Gasteiger partial charge in [-0.3, -0.25) is 4.98 Å². The molecule has 2 aromatic heterocycles. The van der Waals surface area contributed by atoms with Crippen molar-refractivity contribution in [2.45, 2.75) is 19.9 Å². The molecule has 1 atom stereocenters. The van der Waals surface area contributed by atoms with Crippen molar-refractivity contribution < 1.29 is 4.42 Å². The van der Waals surface area contributed by atoms with Crippen molar-refractivity contribution >= 4 is 0 Å². The molecule has 0 aliphatic carbocycles. The van der Waals surface area contributed by atoms with Crippen LogP contribution in [0.1, 0.15) is 24.4 Å². The predicted molar refractivity (Wildman–Crippen MR) is 54.9 cm³/mol. The molecular weight excluding hydrogens is 192 g/mol. The normalized spacial score (nSPS) is 12.7. The Hall–Kier alpha value is -1.75. The van der Waals surface area contributed by atoms with E-state index in [2.05, 4.69) is 15.2 Å². The predicted octanol–water partition coefficient (Wildman–Crippen LogP) is 1.46. The van der Waals surface area contributed by atoms with Crippen LogP contribution in [0.5, 0.6) is 0 Å². The molecule has 0 saturated heterocycles. The van der Waals surface area contributed by atoms with Gasteiger partial charge in [-0.05, 0) is 25.5 Å². The van der Waals surface area contributed by atoms with Gasteiger partial charge in [0.05, 0.1) is 11.6 Å². The van der Waals surface area contributed by atoms with E-state index < -0.39 is 0 Å². The Kier molecular flexibility index (Phi) is 2.47. The summed E-state index contributed by atoms with van der Waals surface area (Å²) in [6.07, 6.45) is 3.46. The third-order valence-corrected chi connectivity index (χ3v) is 1.95. The molecule has 5 nitrogen and oxygen atoms in total. The molecule has 15 heavy (non-hydrogen) atoms. The molecule has 0 aromatic carbocycles. The molecule has 0 fully saturated rings. The fourth-order valence-electron chi connectivity index (χ4n) is 1.21. The Balaban J connectivity index is 2.37. The minimum atomic E-state index is -0.246. The number of hydrogen-bond acceptors (Lipinski definition) is 5. The van der Waals surface area contributed by atoms with Crippen molar-refractivity contribution in [3.8, 4) is 11.5 Å². The number of rotatable bonds is 2. The number of hydrogen-bond donors (Lipinski definition) is 1. The first kappa shape index (κ1) is 9.79. The summed E-state index contributed by atoms with van der Waals surface area (Å²) in [5.74, 6) is 0.894. The van der Waals surface area contributed by atoms with Gasteiger partial charge < -0.3 is 10.2 Å². The zero-order valence-corrected chi connectivity index (χ0v) is 8.64. The van der Waals surface area contributed by atoms with E-state index in [0.29, 0.717) is 11.8 Å². The maximum absolute atomic E-state index is 5.62. The summed E-state index contributed by atoms with van der Waals surface area (Å²) in [5, 5.41) is 7.76. The first-order valence-corrected chi connectivity index (χ1v) is 4.68. The standard InChI is InChI=1S/C10H12N4O/c1-6-3-8(5-12-4-6)10-14-13-9(15-10)7(2)11/h3-5,7H,11H2,1-2H3. The van der Waals surface area contributed by atoms with E-state index in [1.54, 1.807) is 19.3 Å². The first-order chi connectivity index (χ1) is 7.16. The van der Waals surface area contributed by atoms with Crippen LogP contribution < -0.4 is 5.73 Å². The number of nitrogens with two attached hydrogens (primary N) is 1. The van der Waals surface area contributed by atoms with Gasteiger partial charge in [0, 0.05) is 12.4 Å². The SMILES string of the molecule is Cc1cncc(-c2nnc(C(C)N)o2)c1. The fourth-order valence-corrected chi connectivity index (χ4v) is 1.21. The Morgan fingerprint density at radius 2 is 2.13 bits per heavy atom. The molecule has 0 bridgehead atoms. The fraction of sp³-hybridized carbons (Fsp3) is 0.300. The van der Waals surface area contributed by atoms with Gasteiger partial charge in [-0.15, -0.1) is 10.2 Å². The molecule has 1 unspecified atom stereocenters. The van der Waals surface area contributed by atoms with Gasteiger partial charge in [0.15, 0.2) is 0 Å². The summed E-state index contributed by atoms with van der Waals surface area (Å²) in [6.45, 7) is 3.76. The molecule has 0 aliphatic heterocycles. The van der Waals surface area contributed by atoms with Crippen molar-refractivity contribution in [3.05, 3.63) is 29.9 Å². The van der Waals surface area contributed by atoms with E-state index in [0.717, 1.165) is 11.1 Å². The van der Waals surface area contributed by atoms with Crippen molar-refractivity contribution in [2.75, 3.05) is 0 Å². The minimum Gasteiger partial charge on any atom is -0.419 e. The second kappa shape index (κ2) is 3.78. The van der Waals surface area contributed by atoms with Gasteiger partial charge in [-0.1, -0.05) is 0 Å². The lowest BCUT2D eigenvalue weighted by Crippen LogP contribution is -2.04. The summed E-state index contributed by atoms with van der Waals surface area (Å²) in [4.78, 5) is 4.06. The van der Waals surface area contributed by atoms with E-state index in [-0.39, 0.29) is 6.04 Å². The third kappa shape index (κ3) is 2.02. The Bertz CT molecular complexity index is 464. The van der Waals surface area contributed by atoms with Crippen LogP contribution in [-0.2, 0) is 0 Å². The van der Waals surface area contributed by atoms with Crippen molar-refractivity contribution in [3.63, 3.8) is 0 Å². The number of nitrogens with zero attached hydrogens (tertiary/aromatic N) is 3. The molecular formula is C10H12N4O. The Morgan fingerprint density at radius 1 is 1.33 bits per heavy atom. The van der Waals surface area contributed by atoms with Crippen LogP contribution in [0, 0.1) is 6.92 Å². The second-order valence-electron chi connectivity index (χ2n) is 3.49. The molecule has 5 heteroatoms. The van der Waals surface area contributed by atoms with E-state index in [1.807, 2.05) is 13.0 Å². The van der Waals surface area contributed by atoms with Crippen molar-refractivity contribution in [1.82, 2.24) is 15.2 Å². The van der Waals surface area contributed by atoms with Gasteiger partial charge in [0.2, 0.25) is 11.8 Å². The minimum absolute atomic E-state index is 0.246. The van der Waals surface area contributed by atoms with Gasteiger partial charge in [0.25, 0.3) is 0 Å². The quantitative estimate of drug-likeness (QED) is 0.801. The maximum Gasteiger partial charge on any atom is 0.249 e. The molecule has 0 radical (unpaired) electrons. The topological polar surface area (TPSA) is 77.8 Å². The molecule has 0 aliphatic rings. The van der Waals surface area contributed by atoms with Crippen LogP contribution >= 0.6 is 0 Å². The molecule has 78 valence electrons. The second-order valence-corrected chi connectivity index (χ2v) is 3.49. The van der Waals surface area contributed by atoms with E-state index in [1.165, 1.54) is 0 Å². The van der Waals surface area contributed by atoms with Crippen LogP contribution in [-0.4, -0.2) is 15.2 Å². The highest BCUT2D eigenvalue weighted by Gasteiger charge is 2.11. The van der Waals surface area contributed by atoms with Crippen molar-refractivity contribution in [2.24, 2.45) is 5.73 Å². The molecule has 2 rings (SSSR count). The number of pyridine rings is 1. The van der Waals surface area contributed by atoms with Gasteiger partial charge in [-0.2, -0.15) is 0 Å². The zero-order valence-electron chi connectivity index (χ0n) is 8.64. The highest BCUT2D eigenvalue weighted by molar-refractivity contribution is 5.51. The smallest absolute Gasteiger partial charge is 0.249 e. The summed E-state index contributed by atoms with van der Waals surface area (Å²) >= 11 is 0. The molecule has 0 amide bonds. The molecule has 2 aromatic rings. The lowest BCUT2D eigenvalue weighted by Gasteiger charge is -1.96. The van der Waals surface area contributed by atoms with Crippen molar-refractivity contribution in [1.29, 1.82) is 0 Å². The van der Waals surface area contributed by atoms with E-state index in [9.17, 15) is 0 Å². The Morgan fingerprint density at radius 3 is 2.73 bits per heavy atom. The zero-order chi connectivity index (χ0) is 10.8. The lowest BCUT2D eigenvalue weighted by molar-refractivity contribution is 0.473. The molecule has 2 heterocycles. The Labute approximate surface area is 87.3 Å². The van der Waals surface area contributed by atoms with Crippen LogP contribution in [0.3, 0.4) is 0 Å². The van der Waals surface area contributed by atoms with Crippen LogP contribution in [0.2, 0.25) is 0 Å². The average Bonchev–Trinajstić information content (AvgIpc) is 2.66.